The topological polar surface area (TPSA) is 150 Å². The Hall–Kier alpha value is -3.28. The van der Waals surface area contributed by atoms with Crippen LogP contribution in [0.15, 0.2) is 48.8 Å². The molecular formula is C24H26N4O6S. The van der Waals surface area contributed by atoms with Crippen molar-refractivity contribution in [1.82, 2.24) is 4.98 Å². The summed E-state index contributed by atoms with van der Waals surface area (Å²) in [5.74, 6) is -0.223. The van der Waals surface area contributed by atoms with E-state index in [1.54, 1.807) is 36.7 Å². The maximum absolute atomic E-state index is 12.5. The van der Waals surface area contributed by atoms with E-state index < -0.39 is 29.0 Å². The summed E-state index contributed by atoms with van der Waals surface area (Å²) in [6.07, 6.45) is 3.68. The maximum Gasteiger partial charge on any atom is 0.314 e. The molecule has 0 aliphatic heterocycles. The van der Waals surface area contributed by atoms with Crippen LogP contribution in [0, 0.1) is 21.4 Å². The summed E-state index contributed by atoms with van der Waals surface area (Å²) >= 11 is 1.49. The summed E-state index contributed by atoms with van der Waals surface area (Å²) in [6.45, 7) is 0.202. The Kier molecular flexibility index (Phi) is 6.30. The van der Waals surface area contributed by atoms with Gasteiger partial charge in [-0.1, -0.05) is 24.3 Å². The van der Waals surface area contributed by atoms with E-state index in [2.05, 4.69) is 15.1 Å². The molecule has 2 aromatic heterocycles. The lowest BCUT2D eigenvalue weighted by molar-refractivity contribution is -0.779. The van der Waals surface area contributed by atoms with Crippen LogP contribution in [0.1, 0.15) is 36.3 Å². The molecule has 0 radical (unpaired) electrons. The molecule has 2 heterocycles. The molecule has 6 rings (SSSR count). The Labute approximate surface area is 205 Å². The van der Waals surface area contributed by atoms with E-state index in [9.17, 15) is 20.0 Å². The number of ether oxygens (including phenoxy) is 1. The number of nitrogens with two attached hydrogens (primary N) is 1. The molecule has 11 heteroatoms. The lowest BCUT2D eigenvalue weighted by atomic mass is 9.44. The van der Waals surface area contributed by atoms with Crippen molar-refractivity contribution in [2.45, 2.75) is 44.1 Å². The number of thiophene rings is 1. The highest BCUT2D eigenvalue weighted by Gasteiger charge is 2.62. The van der Waals surface area contributed by atoms with Crippen molar-refractivity contribution in [2.75, 3.05) is 11.9 Å². The fourth-order valence-corrected chi connectivity index (χ4v) is 5.87. The molecule has 0 amide bonds. The van der Waals surface area contributed by atoms with E-state index in [1.165, 1.54) is 11.3 Å². The third kappa shape index (κ3) is 4.79. The predicted molar refractivity (Wildman–Crippen MR) is 129 cm³/mol. The standard InChI is InChI=1S/C24H26N4O6S/c25-12-18(22(29)27-20-8-17-5-6-26-13-19(17)35-20)16-3-1-14(2-4-16)7-21(34-28(31)32)33-23(30)24-9-15(10-24)11-24/h1-6,8,13,15,18,21-22,27,29H,7,9-12,25H2/t15?,18-,21+,22+,24?/m1/s1. The van der Waals surface area contributed by atoms with Crippen molar-refractivity contribution in [2.24, 2.45) is 17.1 Å². The smallest absolute Gasteiger partial charge is 0.314 e. The van der Waals surface area contributed by atoms with Crippen molar-refractivity contribution in [3.8, 4) is 0 Å². The van der Waals surface area contributed by atoms with Crippen molar-refractivity contribution in [1.29, 1.82) is 0 Å². The number of aliphatic hydroxyl groups is 1. The minimum atomic E-state index is -1.31. The SMILES string of the molecule is NC[C@H](c1ccc(C[C@@H](OC(=O)C23CC(C2)C3)O[N+](=O)[O-])cc1)[C@H](O)Nc1cc2ccncc2s1. The summed E-state index contributed by atoms with van der Waals surface area (Å²) in [6, 6.07) is 11.0. The van der Waals surface area contributed by atoms with Crippen LogP contribution < -0.4 is 11.1 Å². The van der Waals surface area contributed by atoms with Gasteiger partial charge < -0.3 is 20.9 Å². The van der Waals surface area contributed by atoms with Crippen LogP contribution >= 0.6 is 11.3 Å². The first-order valence-electron chi connectivity index (χ1n) is 11.4. The van der Waals surface area contributed by atoms with Crippen LogP contribution in [0.25, 0.3) is 10.1 Å². The summed E-state index contributed by atoms with van der Waals surface area (Å²) < 4.78 is 6.37. The third-order valence-corrected chi connectivity index (χ3v) is 7.99. The summed E-state index contributed by atoms with van der Waals surface area (Å²) in [7, 11) is 0. The molecular weight excluding hydrogens is 472 g/mol. The molecule has 4 N–H and O–H groups in total. The molecule has 10 nitrogen and oxygen atoms in total. The van der Waals surface area contributed by atoms with Gasteiger partial charge in [0.1, 0.15) is 6.23 Å². The number of fused-ring (bicyclic) bond motifs is 1. The second-order valence-corrected chi connectivity index (χ2v) is 10.4. The zero-order chi connectivity index (χ0) is 24.6. The largest absolute Gasteiger partial charge is 0.434 e. The van der Waals surface area contributed by atoms with Gasteiger partial charge in [0.15, 0.2) is 0 Å². The Balaban J connectivity index is 1.23. The number of anilines is 1. The number of benzene rings is 1. The average molecular weight is 499 g/mol. The van der Waals surface area contributed by atoms with E-state index >= 15 is 0 Å². The van der Waals surface area contributed by atoms with Gasteiger partial charge in [-0.15, -0.1) is 21.5 Å². The molecule has 35 heavy (non-hydrogen) atoms. The van der Waals surface area contributed by atoms with Crippen LogP contribution in [0.4, 0.5) is 5.00 Å². The van der Waals surface area contributed by atoms with Gasteiger partial charge >= 0.3 is 5.97 Å². The van der Waals surface area contributed by atoms with E-state index in [4.69, 9.17) is 10.5 Å². The molecule has 3 saturated carbocycles. The minimum Gasteiger partial charge on any atom is -0.434 e. The van der Waals surface area contributed by atoms with Crippen LogP contribution in [0.2, 0.25) is 0 Å². The molecule has 0 unspecified atom stereocenters. The maximum atomic E-state index is 12.5. The van der Waals surface area contributed by atoms with E-state index in [-0.39, 0.29) is 18.9 Å². The fraction of sp³-hybridized carbons (Fsp3) is 0.417. The predicted octanol–water partition coefficient (Wildman–Crippen LogP) is 3.19. The number of pyridine rings is 1. The van der Waals surface area contributed by atoms with Crippen molar-refractivity contribution < 1.29 is 24.6 Å². The molecule has 1 aromatic carbocycles. The zero-order valence-corrected chi connectivity index (χ0v) is 19.6. The molecule has 3 fully saturated rings. The third-order valence-electron chi connectivity index (χ3n) is 6.97. The van der Waals surface area contributed by atoms with Gasteiger partial charge in [0.05, 0.1) is 15.1 Å². The number of rotatable bonds is 11. The number of carbonyl (C=O) groups excluding carboxylic acids is 1. The quantitative estimate of drug-likeness (QED) is 0.157. The lowest BCUT2D eigenvalue weighted by Crippen LogP contribution is -2.58. The Morgan fingerprint density at radius 1 is 1.31 bits per heavy atom. The number of hydrogen-bond donors (Lipinski definition) is 3. The van der Waals surface area contributed by atoms with E-state index in [1.807, 2.05) is 12.1 Å². The van der Waals surface area contributed by atoms with E-state index in [0.29, 0.717) is 11.5 Å². The molecule has 3 atom stereocenters. The number of nitrogens with zero attached hydrogens (tertiary/aromatic N) is 2. The summed E-state index contributed by atoms with van der Waals surface area (Å²) in [4.78, 5) is 32.1. The Morgan fingerprint density at radius 3 is 2.66 bits per heavy atom. The number of esters is 1. The van der Waals surface area contributed by atoms with Gasteiger partial charge in [-0.3, -0.25) is 14.6 Å². The van der Waals surface area contributed by atoms with Crippen LogP contribution in [-0.4, -0.2) is 40.2 Å². The van der Waals surface area contributed by atoms with Gasteiger partial charge in [-0.05, 0) is 53.8 Å². The first-order chi connectivity index (χ1) is 16.8. The van der Waals surface area contributed by atoms with Crippen molar-refractivity contribution >= 4 is 32.4 Å². The highest BCUT2D eigenvalue weighted by Crippen LogP contribution is 2.65. The van der Waals surface area contributed by atoms with Gasteiger partial charge in [0, 0.05) is 31.3 Å². The van der Waals surface area contributed by atoms with Gasteiger partial charge in [0.2, 0.25) is 0 Å². The van der Waals surface area contributed by atoms with Gasteiger partial charge in [0.25, 0.3) is 11.4 Å². The second kappa shape index (κ2) is 9.40. The second-order valence-electron chi connectivity index (χ2n) is 9.32. The number of nitrogens with one attached hydrogen (secondary N) is 1. The number of aromatic nitrogens is 1. The fourth-order valence-electron chi connectivity index (χ4n) is 4.91. The number of carbonyl (C=O) groups is 1. The Bertz CT molecular complexity index is 1180. The molecule has 2 bridgehead atoms. The lowest BCUT2D eigenvalue weighted by Gasteiger charge is -2.59. The van der Waals surface area contributed by atoms with Gasteiger partial charge in [-0.25, -0.2) is 0 Å². The molecule has 3 aromatic rings. The molecule has 0 saturated heterocycles. The average Bonchev–Trinajstić information content (AvgIpc) is 3.15. The zero-order valence-electron chi connectivity index (χ0n) is 18.8. The van der Waals surface area contributed by atoms with Crippen molar-refractivity contribution in [3.05, 3.63) is 70.0 Å². The van der Waals surface area contributed by atoms with Crippen molar-refractivity contribution in [3.63, 3.8) is 0 Å². The van der Waals surface area contributed by atoms with E-state index in [0.717, 1.165) is 39.9 Å². The highest BCUT2D eigenvalue weighted by molar-refractivity contribution is 7.22. The molecule has 3 aliphatic carbocycles. The summed E-state index contributed by atoms with van der Waals surface area (Å²) in [5.41, 5.74) is 7.00. The first-order valence-corrected chi connectivity index (χ1v) is 12.3. The first kappa shape index (κ1) is 23.5. The minimum absolute atomic E-state index is 0.0381. The normalized spacial score (nSPS) is 22.9. The van der Waals surface area contributed by atoms with Crippen LogP contribution in [-0.2, 0) is 20.8 Å². The molecule has 3 aliphatic rings. The van der Waals surface area contributed by atoms with Crippen LogP contribution in [0.5, 0.6) is 0 Å². The summed E-state index contributed by atoms with van der Waals surface area (Å²) in [5, 5.41) is 25.8. The highest BCUT2D eigenvalue weighted by atomic mass is 32.1. The monoisotopic (exact) mass is 498 g/mol. The number of hydrogen-bond acceptors (Lipinski definition) is 10. The van der Waals surface area contributed by atoms with Gasteiger partial charge in [-0.2, -0.15) is 0 Å². The van der Waals surface area contributed by atoms with Crippen LogP contribution in [0.3, 0.4) is 0 Å². The number of aliphatic hydroxyl groups excluding tert-OH is 1. The Morgan fingerprint density at radius 2 is 2.06 bits per heavy atom. The molecule has 0 spiro atoms. The molecule has 184 valence electrons.